The highest BCUT2D eigenvalue weighted by molar-refractivity contribution is 6.31. The number of hydrogen-bond acceptors (Lipinski definition) is 4. The van der Waals surface area contributed by atoms with Crippen molar-refractivity contribution in [2.45, 2.75) is 13.8 Å². The summed E-state index contributed by atoms with van der Waals surface area (Å²) < 4.78 is 18.3. The third-order valence-electron chi connectivity index (χ3n) is 3.17. The summed E-state index contributed by atoms with van der Waals surface area (Å²) in [5.41, 5.74) is 2.30. The lowest BCUT2D eigenvalue weighted by Crippen LogP contribution is -2.13. The molecule has 0 aliphatic rings. The Morgan fingerprint density at radius 3 is 2.82 bits per heavy atom. The Bertz CT molecular complexity index is 892. The molecule has 22 heavy (non-hydrogen) atoms. The zero-order valence-electron chi connectivity index (χ0n) is 11.8. The Hall–Kier alpha value is -2.47. The maximum absolute atomic E-state index is 13.2. The van der Waals surface area contributed by atoms with E-state index in [0.29, 0.717) is 33.7 Å². The number of fused-ring (bicyclic) bond motifs is 1. The molecule has 0 fully saturated rings. The van der Waals surface area contributed by atoms with Crippen molar-refractivity contribution in [2.24, 2.45) is 0 Å². The van der Waals surface area contributed by atoms with Gasteiger partial charge in [0.2, 0.25) is 0 Å². The second-order valence-corrected chi connectivity index (χ2v) is 5.25. The third kappa shape index (κ3) is 2.53. The highest BCUT2D eigenvalue weighted by Gasteiger charge is 2.18. The van der Waals surface area contributed by atoms with Crippen LogP contribution >= 0.6 is 11.6 Å². The molecule has 0 spiro atoms. The molecule has 2 heterocycles. The number of halogens is 2. The minimum Gasteiger partial charge on any atom is -0.336 e. The molecule has 0 atom stereocenters. The number of nitrogens with one attached hydrogen (secondary N) is 1. The number of anilines is 1. The van der Waals surface area contributed by atoms with E-state index < -0.39 is 5.82 Å². The number of hydrogen-bond donors (Lipinski definition) is 1. The molecule has 0 aliphatic heterocycles. The minimum absolute atomic E-state index is 0.0602. The van der Waals surface area contributed by atoms with Crippen molar-refractivity contribution in [2.75, 3.05) is 5.32 Å². The van der Waals surface area contributed by atoms with E-state index in [0.717, 1.165) is 0 Å². The fourth-order valence-corrected chi connectivity index (χ4v) is 2.35. The molecule has 1 amide bonds. The number of aryl methyl sites for hydroxylation is 2. The molecule has 7 heteroatoms. The molecule has 1 aromatic carbocycles. The molecule has 0 radical (unpaired) electrons. The van der Waals surface area contributed by atoms with Crippen LogP contribution in [-0.4, -0.2) is 16.0 Å². The van der Waals surface area contributed by atoms with E-state index in [4.69, 9.17) is 16.1 Å². The van der Waals surface area contributed by atoms with E-state index in [9.17, 15) is 9.18 Å². The molecule has 0 saturated heterocycles. The van der Waals surface area contributed by atoms with Crippen molar-refractivity contribution < 1.29 is 13.7 Å². The number of carbonyl (C=O) groups is 1. The van der Waals surface area contributed by atoms with Crippen molar-refractivity contribution in [1.82, 2.24) is 10.1 Å². The maximum Gasteiger partial charge on any atom is 0.258 e. The van der Waals surface area contributed by atoms with Crippen LogP contribution in [0.4, 0.5) is 10.1 Å². The predicted molar refractivity (Wildman–Crippen MR) is 80.6 cm³/mol. The van der Waals surface area contributed by atoms with Gasteiger partial charge in [-0.1, -0.05) is 16.8 Å². The standard InChI is InChI=1S/C15H11ClFN3O2/c1-7-5-10(13-8(2)20-22-15(13)18-7)14(21)19-9-3-4-12(17)11(16)6-9/h3-6H,1-2H3,(H,19,21). The van der Waals surface area contributed by atoms with Crippen molar-refractivity contribution in [1.29, 1.82) is 0 Å². The van der Waals surface area contributed by atoms with Gasteiger partial charge in [0.15, 0.2) is 0 Å². The van der Waals surface area contributed by atoms with Gasteiger partial charge in [-0.3, -0.25) is 4.79 Å². The van der Waals surface area contributed by atoms with Crippen LogP contribution in [-0.2, 0) is 0 Å². The van der Waals surface area contributed by atoms with Crippen LogP contribution in [0, 0.1) is 19.7 Å². The second kappa shape index (κ2) is 5.38. The fourth-order valence-electron chi connectivity index (χ4n) is 2.17. The van der Waals surface area contributed by atoms with E-state index >= 15 is 0 Å². The van der Waals surface area contributed by atoms with Gasteiger partial charge in [0.1, 0.15) is 5.82 Å². The van der Waals surface area contributed by atoms with Crippen LogP contribution in [0.3, 0.4) is 0 Å². The summed E-state index contributed by atoms with van der Waals surface area (Å²) in [4.78, 5) is 16.7. The third-order valence-corrected chi connectivity index (χ3v) is 3.46. The number of benzene rings is 1. The van der Waals surface area contributed by atoms with E-state index in [1.54, 1.807) is 19.9 Å². The lowest BCUT2D eigenvalue weighted by atomic mass is 10.1. The van der Waals surface area contributed by atoms with Gasteiger partial charge in [-0.25, -0.2) is 9.37 Å². The molecule has 3 aromatic rings. The Labute approximate surface area is 130 Å². The Kier molecular flexibility index (Phi) is 3.54. The van der Waals surface area contributed by atoms with Gasteiger partial charge in [0.25, 0.3) is 11.6 Å². The molecule has 2 aromatic heterocycles. The topological polar surface area (TPSA) is 68.0 Å². The molecule has 0 aliphatic carbocycles. The van der Waals surface area contributed by atoms with Gasteiger partial charge in [-0.2, -0.15) is 0 Å². The number of pyridine rings is 1. The van der Waals surface area contributed by atoms with Crippen LogP contribution < -0.4 is 5.32 Å². The molecule has 3 rings (SSSR count). The molecule has 5 nitrogen and oxygen atoms in total. The lowest BCUT2D eigenvalue weighted by Gasteiger charge is -2.07. The first kappa shape index (κ1) is 14.5. The van der Waals surface area contributed by atoms with E-state index in [1.165, 1.54) is 18.2 Å². The average molecular weight is 320 g/mol. The largest absolute Gasteiger partial charge is 0.336 e. The zero-order valence-corrected chi connectivity index (χ0v) is 12.5. The van der Waals surface area contributed by atoms with Gasteiger partial charge in [-0.15, -0.1) is 0 Å². The molecule has 0 saturated carbocycles. The minimum atomic E-state index is -0.545. The van der Waals surface area contributed by atoms with E-state index in [1.807, 2.05) is 0 Å². The number of nitrogens with zero attached hydrogens (tertiary/aromatic N) is 2. The van der Waals surface area contributed by atoms with E-state index in [-0.39, 0.29) is 10.9 Å². The van der Waals surface area contributed by atoms with Crippen molar-refractivity contribution in [3.8, 4) is 0 Å². The van der Waals surface area contributed by atoms with Crippen molar-refractivity contribution in [3.63, 3.8) is 0 Å². The van der Waals surface area contributed by atoms with Crippen LogP contribution in [0.15, 0.2) is 28.8 Å². The summed E-state index contributed by atoms with van der Waals surface area (Å²) >= 11 is 5.71. The van der Waals surface area contributed by atoms with Gasteiger partial charge in [-0.05, 0) is 38.1 Å². The molecule has 1 N–H and O–H groups in total. The first-order valence-electron chi connectivity index (χ1n) is 6.45. The summed E-state index contributed by atoms with van der Waals surface area (Å²) in [6, 6.07) is 5.62. The summed E-state index contributed by atoms with van der Waals surface area (Å²) in [6.07, 6.45) is 0. The predicted octanol–water partition coefficient (Wildman–Crippen LogP) is 3.88. The van der Waals surface area contributed by atoms with Crippen LogP contribution in [0.25, 0.3) is 11.1 Å². The molecule has 0 unspecified atom stereocenters. The number of aromatic nitrogens is 2. The number of carbonyl (C=O) groups excluding carboxylic acids is 1. The van der Waals surface area contributed by atoms with Gasteiger partial charge in [0.05, 0.1) is 21.7 Å². The van der Waals surface area contributed by atoms with E-state index in [2.05, 4.69) is 15.5 Å². The number of rotatable bonds is 2. The summed E-state index contributed by atoms with van der Waals surface area (Å²) in [6.45, 7) is 3.48. The average Bonchev–Trinajstić information content (AvgIpc) is 2.83. The lowest BCUT2D eigenvalue weighted by molar-refractivity contribution is 0.102. The normalized spacial score (nSPS) is 10.9. The molecular weight excluding hydrogens is 309 g/mol. The molecule has 112 valence electrons. The van der Waals surface area contributed by atoms with Crippen molar-refractivity contribution >= 4 is 34.3 Å². The zero-order chi connectivity index (χ0) is 15.9. The maximum atomic E-state index is 13.2. The first-order chi connectivity index (χ1) is 10.5. The summed E-state index contributed by atoms with van der Waals surface area (Å²) in [5.74, 6) is -0.916. The monoisotopic (exact) mass is 319 g/mol. The summed E-state index contributed by atoms with van der Waals surface area (Å²) in [7, 11) is 0. The molecular formula is C15H11ClFN3O2. The van der Waals surface area contributed by atoms with Gasteiger partial charge >= 0.3 is 0 Å². The fraction of sp³-hybridized carbons (Fsp3) is 0.133. The Morgan fingerprint density at radius 2 is 2.09 bits per heavy atom. The smallest absolute Gasteiger partial charge is 0.258 e. The van der Waals surface area contributed by atoms with Gasteiger partial charge in [0, 0.05) is 11.4 Å². The van der Waals surface area contributed by atoms with Crippen LogP contribution in [0.5, 0.6) is 0 Å². The van der Waals surface area contributed by atoms with Crippen LogP contribution in [0.2, 0.25) is 5.02 Å². The number of amides is 1. The SMILES string of the molecule is Cc1cc(C(=O)Nc2ccc(F)c(Cl)c2)c2c(C)noc2n1. The van der Waals surface area contributed by atoms with Crippen molar-refractivity contribution in [3.05, 3.63) is 52.1 Å². The van der Waals surface area contributed by atoms with Crippen LogP contribution in [0.1, 0.15) is 21.7 Å². The Morgan fingerprint density at radius 1 is 1.32 bits per heavy atom. The molecule has 0 bridgehead atoms. The van der Waals surface area contributed by atoms with Gasteiger partial charge < -0.3 is 9.84 Å². The first-order valence-corrected chi connectivity index (χ1v) is 6.83. The highest BCUT2D eigenvalue weighted by Crippen LogP contribution is 2.24. The summed E-state index contributed by atoms with van der Waals surface area (Å²) in [5, 5.41) is 6.99. The Balaban J connectivity index is 2.01. The highest BCUT2D eigenvalue weighted by atomic mass is 35.5. The second-order valence-electron chi connectivity index (χ2n) is 4.84. The quantitative estimate of drug-likeness (QED) is 0.778.